The van der Waals surface area contributed by atoms with Crippen molar-refractivity contribution in [2.45, 2.75) is 6.54 Å². The van der Waals surface area contributed by atoms with Crippen molar-refractivity contribution in [3.05, 3.63) is 34.7 Å². The van der Waals surface area contributed by atoms with Gasteiger partial charge < -0.3 is 9.88 Å². The molecule has 2 heterocycles. The number of benzene rings is 1. The van der Waals surface area contributed by atoms with Crippen molar-refractivity contribution in [3.63, 3.8) is 0 Å². The topological polar surface area (TPSA) is 47.7 Å². The number of aryl methyl sites for hydroxylation is 2. The second kappa shape index (κ2) is 5.03. The summed E-state index contributed by atoms with van der Waals surface area (Å²) in [7, 11) is 5.88. The molecule has 5 nitrogen and oxygen atoms in total. The van der Waals surface area contributed by atoms with Crippen molar-refractivity contribution in [1.82, 2.24) is 24.6 Å². The van der Waals surface area contributed by atoms with Gasteiger partial charge in [-0.1, -0.05) is 6.07 Å². The Kier molecular flexibility index (Phi) is 3.35. The van der Waals surface area contributed by atoms with Crippen molar-refractivity contribution >= 4 is 27.0 Å². The largest absolute Gasteiger partial charge is 0.334 e. The molecule has 3 aromatic rings. The molecule has 0 aliphatic carbocycles. The van der Waals surface area contributed by atoms with Crippen LogP contribution in [0, 0.1) is 0 Å². The van der Waals surface area contributed by atoms with Gasteiger partial charge in [-0.2, -0.15) is 5.10 Å². The first-order valence-electron chi connectivity index (χ1n) is 6.39. The van der Waals surface area contributed by atoms with E-state index in [4.69, 9.17) is 0 Å². The summed E-state index contributed by atoms with van der Waals surface area (Å²) in [6.45, 7) is 0.736. The first-order chi connectivity index (χ1) is 9.61. The van der Waals surface area contributed by atoms with E-state index in [1.54, 1.807) is 0 Å². The Morgan fingerprint density at radius 3 is 2.85 bits per heavy atom. The summed E-state index contributed by atoms with van der Waals surface area (Å²) in [5.41, 5.74) is 5.31. The molecular weight excluding hydrogens is 318 g/mol. The Morgan fingerprint density at radius 2 is 2.10 bits per heavy atom. The highest BCUT2D eigenvalue weighted by molar-refractivity contribution is 9.10. The van der Waals surface area contributed by atoms with Crippen molar-refractivity contribution in [3.8, 4) is 11.3 Å². The molecule has 20 heavy (non-hydrogen) atoms. The van der Waals surface area contributed by atoms with Gasteiger partial charge in [-0.15, -0.1) is 0 Å². The van der Waals surface area contributed by atoms with E-state index in [0.29, 0.717) is 0 Å². The first kappa shape index (κ1) is 13.3. The highest BCUT2D eigenvalue weighted by Gasteiger charge is 2.15. The zero-order valence-electron chi connectivity index (χ0n) is 11.7. The minimum absolute atomic E-state index is 0.736. The summed E-state index contributed by atoms with van der Waals surface area (Å²) in [6.07, 6.45) is 1.83. The average molecular weight is 334 g/mol. The standard InChI is InChI=1S/C14H16BrN5/c1-16-7-11-13(15)14(20(3)18-11)9-4-5-12-10(6-9)17-8-19(12)2/h4-6,8,16H,7H2,1-3H3. The van der Waals surface area contributed by atoms with Gasteiger partial charge >= 0.3 is 0 Å². The van der Waals surface area contributed by atoms with E-state index in [9.17, 15) is 0 Å². The van der Waals surface area contributed by atoms with Crippen LogP contribution in [0.2, 0.25) is 0 Å². The van der Waals surface area contributed by atoms with Gasteiger partial charge in [0.1, 0.15) is 0 Å². The molecule has 3 rings (SSSR count). The van der Waals surface area contributed by atoms with Gasteiger partial charge in [-0.05, 0) is 35.1 Å². The van der Waals surface area contributed by atoms with Crippen molar-refractivity contribution < 1.29 is 0 Å². The van der Waals surface area contributed by atoms with E-state index in [-0.39, 0.29) is 0 Å². The number of hydrogen-bond donors (Lipinski definition) is 1. The number of nitrogens with zero attached hydrogens (tertiary/aromatic N) is 4. The third-order valence-electron chi connectivity index (χ3n) is 3.40. The molecule has 0 atom stereocenters. The van der Waals surface area contributed by atoms with E-state index >= 15 is 0 Å². The van der Waals surface area contributed by atoms with Gasteiger partial charge in [0.25, 0.3) is 0 Å². The number of imidazole rings is 1. The van der Waals surface area contributed by atoms with Gasteiger partial charge in [0.2, 0.25) is 0 Å². The molecular formula is C14H16BrN5. The van der Waals surface area contributed by atoms with Gasteiger partial charge in [-0.25, -0.2) is 4.98 Å². The van der Waals surface area contributed by atoms with E-state index in [1.165, 1.54) is 0 Å². The molecule has 0 aliphatic rings. The maximum Gasteiger partial charge on any atom is 0.0955 e. The normalized spacial score (nSPS) is 11.4. The van der Waals surface area contributed by atoms with E-state index in [2.05, 4.69) is 49.5 Å². The highest BCUT2D eigenvalue weighted by Crippen LogP contribution is 2.32. The fraction of sp³-hybridized carbons (Fsp3) is 0.286. The van der Waals surface area contributed by atoms with Crippen molar-refractivity contribution in [2.24, 2.45) is 14.1 Å². The lowest BCUT2D eigenvalue weighted by molar-refractivity contribution is 0.715. The van der Waals surface area contributed by atoms with Crippen LogP contribution in [0.4, 0.5) is 0 Å². The minimum atomic E-state index is 0.736. The third-order valence-corrected chi connectivity index (χ3v) is 4.23. The molecule has 1 aromatic carbocycles. The molecule has 104 valence electrons. The highest BCUT2D eigenvalue weighted by atomic mass is 79.9. The molecule has 0 saturated carbocycles. The van der Waals surface area contributed by atoms with Crippen molar-refractivity contribution in [1.29, 1.82) is 0 Å². The fourth-order valence-electron chi connectivity index (χ4n) is 2.43. The summed E-state index contributed by atoms with van der Waals surface area (Å²) in [5.74, 6) is 0. The van der Waals surface area contributed by atoms with Crippen LogP contribution in [-0.2, 0) is 20.6 Å². The molecule has 0 aliphatic heterocycles. The molecule has 0 spiro atoms. The molecule has 0 radical (unpaired) electrons. The fourth-order valence-corrected chi connectivity index (χ4v) is 3.14. The van der Waals surface area contributed by atoms with Gasteiger partial charge in [0, 0.05) is 26.2 Å². The van der Waals surface area contributed by atoms with Gasteiger partial charge in [0.05, 0.1) is 33.2 Å². The molecule has 1 N–H and O–H groups in total. The quantitative estimate of drug-likeness (QED) is 0.800. The van der Waals surface area contributed by atoms with Crippen molar-refractivity contribution in [2.75, 3.05) is 7.05 Å². The number of fused-ring (bicyclic) bond motifs is 1. The van der Waals surface area contributed by atoms with E-state index in [1.807, 2.05) is 36.7 Å². The zero-order chi connectivity index (χ0) is 14.3. The van der Waals surface area contributed by atoms with Crippen LogP contribution in [0.5, 0.6) is 0 Å². The monoisotopic (exact) mass is 333 g/mol. The lowest BCUT2D eigenvalue weighted by atomic mass is 10.1. The minimum Gasteiger partial charge on any atom is -0.334 e. The van der Waals surface area contributed by atoms with Gasteiger partial charge in [0.15, 0.2) is 0 Å². The van der Waals surface area contributed by atoms with Crippen LogP contribution >= 0.6 is 15.9 Å². The average Bonchev–Trinajstić information content (AvgIpc) is 2.92. The second-order valence-corrected chi connectivity index (χ2v) is 5.62. The SMILES string of the molecule is CNCc1nn(C)c(-c2ccc3c(c2)ncn3C)c1Br. The van der Waals surface area contributed by atoms with Crippen LogP contribution in [0.3, 0.4) is 0 Å². The van der Waals surface area contributed by atoms with Crippen LogP contribution in [0.25, 0.3) is 22.3 Å². The number of nitrogens with one attached hydrogen (secondary N) is 1. The van der Waals surface area contributed by atoms with Crippen LogP contribution in [0.15, 0.2) is 29.0 Å². The summed E-state index contributed by atoms with van der Waals surface area (Å²) in [6, 6.07) is 6.30. The summed E-state index contributed by atoms with van der Waals surface area (Å²) < 4.78 is 4.95. The molecule has 0 unspecified atom stereocenters. The predicted octanol–water partition coefficient (Wildman–Crippen LogP) is 2.46. The molecule has 0 amide bonds. The maximum atomic E-state index is 4.54. The number of hydrogen-bond acceptors (Lipinski definition) is 3. The van der Waals surface area contributed by atoms with Crippen LogP contribution in [-0.4, -0.2) is 26.4 Å². The number of halogens is 1. The molecule has 0 fully saturated rings. The smallest absolute Gasteiger partial charge is 0.0955 e. The Bertz CT molecular complexity index is 771. The molecule has 6 heteroatoms. The molecule has 0 bridgehead atoms. The Morgan fingerprint density at radius 1 is 1.30 bits per heavy atom. The number of aromatic nitrogens is 4. The zero-order valence-corrected chi connectivity index (χ0v) is 13.3. The van der Waals surface area contributed by atoms with Crippen LogP contribution < -0.4 is 5.32 Å². The summed E-state index contributed by atoms with van der Waals surface area (Å²) in [5, 5.41) is 7.67. The molecule has 0 saturated heterocycles. The number of rotatable bonds is 3. The lowest BCUT2D eigenvalue weighted by Crippen LogP contribution is -2.06. The summed E-state index contributed by atoms with van der Waals surface area (Å²) in [4.78, 5) is 4.41. The summed E-state index contributed by atoms with van der Waals surface area (Å²) >= 11 is 3.66. The second-order valence-electron chi connectivity index (χ2n) is 4.82. The molecule has 2 aromatic heterocycles. The van der Waals surface area contributed by atoms with E-state index < -0.39 is 0 Å². The first-order valence-corrected chi connectivity index (χ1v) is 7.18. The maximum absolute atomic E-state index is 4.54. The van der Waals surface area contributed by atoms with Crippen LogP contribution in [0.1, 0.15) is 5.69 Å². The lowest BCUT2D eigenvalue weighted by Gasteiger charge is -2.04. The Balaban J connectivity index is 2.15. The third kappa shape index (κ3) is 2.05. The Hall–Kier alpha value is -1.66. The van der Waals surface area contributed by atoms with E-state index in [0.717, 1.165) is 39.0 Å². The Labute approximate surface area is 125 Å². The van der Waals surface area contributed by atoms with Gasteiger partial charge in [-0.3, -0.25) is 4.68 Å². The predicted molar refractivity (Wildman–Crippen MR) is 83.4 cm³/mol.